The molecule has 2 aliphatic heterocycles. The van der Waals surface area contributed by atoms with Crippen molar-refractivity contribution in [1.82, 2.24) is 4.90 Å². The highest BCUT2D eigenvalue weighted by Gasteiger charge is 2.39. The largest absolute Gasteiger partial charge is 0.454 e. The van der Waals surface area contributed by atoms with Crippen molar-refractivity contribution in [1.29, 1.82) is 0 Å². The third kappa shape index (κ3) is 3.84. The minimum Gasteiger partial charge on any atom is -0.454 e. The maximum absolute atomic E-state index is 13.6. The van der Waals surface area contributed by atoms with Crippen LogP contribution in [0, 0.1) is 20.8 Å². The highest BCUT2D eigenvalue weighted by Crippen LogP contribution is 2.35. The molecule has 6 nitrogen and oxygen atoms in total. The minimum atomic E-state index is -0.355. The summed E-state index contributed by atoms with van der Waals surface area (Å²) in [5.74, 6) is 0.599. The number of benzene rings is 3. The molecule has 3 aromatic rings. The molecule has 0 aromatic heterocycles. The average molecular weight is 440 g/mol. The quantitative estimate of drug-likeness (QED) is 0.581. The second kappa shape index (κ2) is 8.13. The first-order valence-corrected chi connectivity index (χ1v) is 10.8. The molecule has 166 valence electrons. The van der Waals surface area contributed by atoms with Crippen molar-refractivity contribution in [3.05, 3.63) is 94.2 Å². The van der Waals surface area contributed by atoms with Crippen molar-refractivity contribution in [2.24, 2.45) is 0 Å². The molecule has 2 aliphatic rings. The van der Waals surface area contributed by atoms with E-state index in [2.05, 4.69) is 5.32 Å². The fraction of sp³-hybridized carbons (Fsp3) is 0.185. The first-order valence-electron chi connectivity index (χ1n) is 10.8. The highest BCUT2D eigenvalue weighted by molar-refractivity contribution is 6.36. The zero-order valence-electron chi connectivity index (χ0n) is 18.8. The molecule has 0 aliphatic carbocycles. The summed E-state index contributed by atoms with van der Waals surface area (Å²) in [6, 6.07) is 19.0. The Hall–Kier alpha value is -4.06. The Morgan fingerprint density at radius 1 is 0.818 bits per heavy atom. The van der Waals surface area contributed by atoms with Gasteiger partial charge in [0.1, 0.15) is 5.70 Å². The number of anilines is 1. The summed E-state index contributed by atoms with van der Waals surface area (Å²) >= 11 is 0. The van der Waals surface area contributed by atoms with Crippen LogP contribution in [0.4, 0.5) is 5.69 Å². The molecule has 0 saturated heterocycles. The molecule has 0 saturated carbocycles. The molecule has 1 N–H and O–H groups in total. The molecule has 3 aromatic carbocycles. The number of carbonyl (C=O) groups excluding carboxylic acids is 2. The Labute approximate surface area is 192 Å². The molecule has 0 spiro atoms. The van der Waals surface area contributed by atoms with Crippen LogP contribution in [0.15, 0.2) is 66.4 Å². The number of fused-ring (bicyclic) bond motifs is 1. The van der Waals surface area contributed by atoms with Gasteiger partial charge in [-0.05, 0) is 67.3 Å². The van der Waals surface area contributed by atoms with Gasteiger partial charge >= 0.3 is 0 Å². The van der Waals surface area contributed by atoms with Crippen LogP contribution in [0.3, 0.4) is 0 Å². The number of amides is 2. The molecular formula is C27H24N2O4. The smallest absolute Gasteiger partial charge is 0.278 e. The zero-order valence-corrected chi connectivity index (χ0v) is 18.8. The molecule has 6 heteroatoms. The van der Waals surface area contributed by atoms with E-state index >= 15 is 0 Å². The molecule has 0 radical (unpaired) electrons. The lowest BCUT2D eigenvalue weighted by molar-refractivity contribution is -0.137. The van der Waals surface area contributed by atoms with Gasteiger partial charge in [0.05, 0.1) is 12.1 Å². The van der Waals surface area contributed by atoms with E-state index in [0.29, 0.717) is 17.1 Å². The van der Waals surface area contributed by atoms with Crippen LogP contribution in [0.25, 0.3) is 5.57 Å². The highest BCUT2D eigenvalue weighted by atomic mass is 16.7. The van der Waals surface area contributed by atoms with E-state index in [-0.39, 0.29) is 30.8 Å². The van der Waals surface area contributed by atoms with E-state index in [1.54, 1.807) is 6.07 Å². The number of carbonyl (C=O) groups is 2. The predicted octanol–water partition coefficient (Wildman–Crippen LogP) is 4.73. The number of imide groups is 1. The Morgan fingerprint density at radius 3 is 2.33 bits per heavy atom. The third-order valence-corrected chi connectivity index (χ3v) is 6.06. The summed E-state index contributed by atoms with van der Waals surface area (Å²) < 4.78 is 10.8. The van der Waals surface area contributed by atoms with Gasteiger partial charge in [0.2, 0.25) is 6.79 Å². The first-order chi connectivity index (χ1) is 15.9. The second-order valence-corrected chi connectivity index (χ2v) is 8.42. The average Bonchev–Trinajstić information content (AvgIpc) is 3.36. The van der Waals surface area contributed by atoms with Crippen molar-refractivity contribution in [3.8, 4) is 11.5 Å². The third-order valence-electron chi connectivity index (χ3n) is 6.06. The number of hydrogen-bond donors (Lipinski definition) is 1. The number of nitrogens with one attached hydrogen (secondary N) is 1. The molecule has 0 bridgehead atoms. The molecule has 33 heavy (non-hydrogen) atoms. The number of aryl methyl sites for hydroxylation is 3. The van der Waals surface area contributed by atoms with Gasteiger partial charge < -0.3 is 14.8 Å². The monoisotopic (exact) mass is 440 g/mol. The Bertz CT molecular complexity index is 1310. The summed E-state index contributed by atoms with van der Waals surface area (Å²) in [7, 11) is 0. The fourth-order valence-corrected chi connectivity index (χ4v) is 4.00. The van der Waals surface area contributed by atoms with Gasteiger partial charge in [0.15, 0.2) is 11.5 Å². The molecule has 2 heterocycles. The van der Waals surface area contributed by atoms with Crippen molar-refractivity contribution >= 4 is 23.1 Å². The van der Waals surface area contributed by atoms with Gasteiger partial charge in [-0.25, -0.2) is 0 Å². The first kappa shape index (κ1) is 20.8. The lowest BCUT2D eigenvalue weighted by Crippen LogP contribution is -2.32. The van der Waals surface area contributed by atoms with E-state index in [9.17, 15) is 9.59 Å². The van der Waals surface area contributed by atoms with E-state index < -0.39 is 0 Å². The summed E-state index contributed by atoms with van der Waals surface area (Å²) in [6.07, 6.45) is 0. The lowest BCUT2D eigenvalue weighted by atomic mass is 9.99. The maximum Gasteiger partial charge on any atom is 0.278 e. The van der Waals surface area contributed by atoms with E-state index in [1.807, 2.05) is 75.4 Å². The minimum absolute atomic E-state index is 0.141. The van der Waals surface area contributed by atoms with Crippen LogP contribution in [-0.4, -0.2) is 23.5 Å². The van der Waals surface area contributed by atoms with Crippen molar-refractivity contribution in [3.63, 3.8) is 0 Å². The van der Waals surface area contributed by atoms with Crippen molar-refractivity contribution in [2.45, 2.75) is 27.3 Å². The zero-order chi connectivity index (χ0) is 23.1. The van der Waals surface area contributed by atoms with Gasteiger partial charge in [0.25, 0.3) is 11.8 Å². The Kier molecular flexibility index (Phi) is 5.13. The number of nitrogens with zero attached hydrogens (tertiary/aromatic N) is 1. The molecule has 2 amide bonds. The van der Waals surface area contributed by atoms with Crippen molar-refractivity contribution < 1.29 is 19.1 Å². The summed E-state index contributed by atoms with van der Waals surface area (Å²) in [6.45, 7) is 6.33. The van der Waals surface area contributed by atoms with Crippen LogP contribution in [0.2, 0.25) is 0 Å². The molecule has 0 atom stereocenters. The normalized spacial score (nSPS) is 14.9. The van der Waals surface area contributed by atoms with Crippen LogP contribution in [0.1, 0.15) is 27.8 Å². The maximum atomic E-state index is 13.6. The van der Waals surface area contributed by atoms with Crippen molar-refractivity contribution in [2.75, 3.05) is 12.1 Å². The van der Waals surface area contributed by atoms with E-state index in [0.717, 1.165) is 33.5 Å². The molecule has 0 unspecified atom stereocenters. The molecule has 5 rings (SSSR count). The van der Waals surface area contributed by atoms with Crippen LogP contribution < -0.4 is 14.8 Å². The van der Waals surface area contributed by atoms with Crippen LogP contribution >= 0.6 is 0 Å². The SMILES string of the molecule is Cc1ccc(NC2=C(c3ccc(C)c(C)c3)C(=O)N(Cc3ccc4c(c3)OCO4)C2=O)cc1. The number of hydrogen-bond acceptors (Lipinski definition) is 5. The van der Waals surface area contributed by atoms with E-state index in [4.69, 9.17) is 9.47 Å². The standard InChI is InChI=1S/C27H24N2O4/c1-16-4-9-21(10-5-16)28-25-24(20-8-6-17(2)18(3)12-20)26(30)29(27(25)31)14-19-7-11-22-23(13-19)33-15-32-22/h4-13,28H,14-15H2,1-3H3. The number of rotatable bonds is 5. The number of ether oxygens (including phenoxy) is 2. The van der Waals surface area contributed by atoms with Gasteiger partial charge in [-0.15, -0.1) is 0 Å². The van der Waals surface area contributed by atoms with Gasteiger partial charge in [-0.2, -0.15) is 0 Å². The molecule has 0 fully saturated rings. The Balaban J connectivity index is 1.52. The summed E-state index contributed by atoms with van der Waals surface area (Å²) in [5.41, 5.74) is 6.23. The summed E-state index contributed by atoms with van der Waals surface area (Å²) in [5, 5.41) is 3.21. The van der Waals surface area contributed by atoms with Crippen LogP contribution in [0.5, 0.6) is 11.5 Å². The van der Waals surface area contributed by atoms with Gasteiger partial charge in [-0.1, -0.05) is 42.0 Å². The summed E-state index contributed by atoms with van der Waals surface area (Å²) in [4.78, 5) is 28.3. The van der Waals surface area contributed by atoms with Gasteiger partial charge in [0, 0.05) is 5.69 Å². The predicted molar refractivity (Wildman–Crippen MR) is 126 cm³/mol. The second-order valence-electron chi connectivity index (χ2n) is 8.42. The lowest BCUT2D eigenvalue weighted by Gasteiger charge is -2.16. The van der Waals surface area contributed by atoms with Gasteiger partial charge in [-0.3, -0.25) is 14.5 Å². The van der Waals surface area contributed by atoms with Crippen LogP contribution in [-0.2, 0) is 16.1 Å². The van der Waals surface area contributed by atoms with E-state index in [1.165, 1.54) is 4.90 Å². The topological polar surface area (TPSA) is 67.9 Å². The Morgan fingerprint density at radius 2 is 1.58 bits per heavy atom. The fourth-order valence-electron chi connectivity index (χ4n) is 4.00. The molecular weight excluding hydrogens is 416 g/mol.